The van der Waals surface area contributed by atoms with E-state index >= 15 is 0 Å². The van der Waals surface area contributed by atoms with Crippen molar-refractivity contribution in [3.63, 3.8) is 0 Å². The molecule has 2 aliphatic rings. The van der Waals surface area contributed by atoms with Crippen LogP contribution in [0.3, 0.4) is 0 Å². The zero-order valence-electron chi connectivity index (χ0n) is 22.3. The van der Waals surface area contributed by atoms with Crippen molar-refractivity contribution in [2.75, 3.05) is 43.4 Å². The van der Waals surface area contributed by atoms with Gasteiger partial charge in [-0.3, -0.25) is 14.2 Å². The van der Waals surface area contributed by atoms with E-state index in [0.717, 1.165) is 57.5 Å². The summed E-state index contributed by atoms with van der Waals surface area (Å²) in [5, 5.41) is 7.00. The molecule has 3 heterocycles. The fourth-order valence-corrected chi connectivity index (χ4v) is 5.62. The maximum Gasteiger partial charge on any atom is 0.256 e. The largest absolute Gasteiger partial charge is 0.369 e. The standard InChI is InChI=1S/C29H35N7O2/c1-5-25-19(2)28(38)36(24-12-8-21(9-13-24)31-20(3)37)27-26(25)18-30-29(33-27)32-22-6-10-23(11-7-22)35-16-14-34(4)15-17-35/h1,6-7,10-11,18,21,24H,8-9,12-17H2,2-4H3,(H,31,37)(H,30,32,33). The second-order valence-corrected chi connectivity index (χ2v) is 10.4. The third-order valence-electron chi connectivity index (χ3n) is 7.79. The fourth-order valence-electron chi connectivity index (χ4n) is 5.62. The minimum atomic E-state index is -0.116. The highest BCUT2D eigenvalue weighted by molar-refractivity contribution is 5.84. The lowest BCUT2D eigenvalue weighted by molar-refractivity contribution is -0.119. The quantitative estimate of drug-likeness (QED) is 0.506. The molecule has 9 heteroatoms. The summed E-state index contributed by atoms with van der Waals surface area (Å²) >= 11 is 0. The van der Waals surface area contributed by atoms with Crippen molar-refractivity contribution in [2.24, 2.45) is 0 Å². The summed E-state index contributed by atoms with van der Waals surface area (Å²) in [6.07, 6.45) is 10.7. The van der Waals surface area contributed by atoms with Gasteiger partial charge in [0.05, 0.1) is 5.39 Å². The number of rotatable bonds is 5. The number of carbonyl (C=O) groups is 1. The van der Waals surface area contributed by atoms with E-state index in [9.17, 15) is 9.59 Å². The molecule has 0 spiro atoms. The molecule has 1 aromatic carbocycles. The Kier molecular flexibility index (Phi) is 7.34. The lowest BCUT2D eigenvalue weighted by atomic mass is 9.90. The van der Waals surface area contributed by atoms with Crippen LogP contribution >= 0.6 is 0 Å². The average molecular weight is 514 g/mol. The van der Waals surface area contributed by atoms with Gasteiger partial charge in [0, 0.05) is 73.9 Å². The number of carbonyl (C=O) groups excluding carboxylic acids is 1. The number of piperazine rings is 1. The first-order chi connectivity index (χ1) is 18.3. The van der Waals surface area contributed by atoms with Gasteiger partial charge in [0.2, 0.25) is 11.9 Å². The van der Waals surface area contributed by atoms with Crippen molar-refractivity contribution in [3.05, 3.63) is 51.9 Å². The Balaban J connectivity index is 1.43. The number of benzene rings is 1. The predicted octanol–water partition coefficient (Wildman–Crippen LogP) is 3.20. The zero-order chi connectivity index (χ0) is 26.8. The van der Waals surface area contributed by atoms with Gasteiger partial charge in [-0.05, 0) is 63.9 Å². The molecular formula is C29H35N7O2. The number of likely N-dealkylation sites (N-methyl/N-ethyl adjacent to an activating group) is 1. The Morgan fingerprint density at radius 3 is 2.39 bits per heavy atom. The van der Waals surface area contributed by atoms with Crippen LogP contribution in [0.4, 0.5) is 17.3 Å². The predicted molar refractivity (Wildman–Crippen MR) is 151 cm³/mol. The van der Waals surface area contributed by atoms with E-state index in [-0.39, 0.29) is 23.6 Å². The number of fused-ring (bicyclic) bond motifs is 1. The molecule has 1 amide bonds. The average Bonchev–Trinajstić information content (AvgIpc) is 2.91. The van der Waals surface area contributed by atoms with Crippen molar-refractivity contribution in [3.8, 4) is 12.3 Å². The van der Waals surface area contributed by atoms with Crippen LogP contribution in [0, 0.1) is 19.3 Å². The minimum absolute atomic E-state index is 0.0221. The van der Waals surface area contributed by atoms with Gasteiger partial charge < -0.3 is 20.4 Å². The molecule has 2 N–H and O–H groups in total. The van der Waals surface area contributed by atoms with Crippen LogP contribution in [-0.4, -0.2) is 64.6 Å². The summed E-state index contributed by atoms with van der Waals surface area (Å²) < 4.78 is 1.79. The van der Waals surface area contributed by atoms with E-state index in [1.807, 2.05) is 12.1 Å². The molecule has 1 aliphatic carbocycles. The lowest BCUT2D eigenvalue weighted by Gasteiger charge is -2.34. The Bertz CT molecular complexity index is 1420. The van der Waals surface area contributed by atoms with E-state index in [1.54, 1.807) is 17.7 Å². The maximum atomic E-state index is 13.5. The van der Waals surface area contributed by atoms with Crippen molar-refractivity contribution in [1.29, 1.82) is 0 Å². The monoisotopic (exact) mass is 513 g/mol. The summed E-state index contributed by atoms with van der Waals surface area (Å²) in [7, 11) is 2.15. The van der Waals surface area contributed by atoms with Crippen LogP contribution in [0.5, 0.6) is 0 Å². The van der Waals surface area contributed by atoms with Crippen LogP contribution in [0.25, 0.3) is 11.0 Å². The summed E-state index contributed by atoms with van der Waals surface area (Å²) in [4.78, 5) is 39.1. The molecule has 2 aromatic heterocycles. The number of nitrogens with one attached hydrogen (secondary N) is 2. The summed E-state index contributed by atoms with van der Waals surface area (Å²) in [5.74, 6) is 3.07. The minimum Gasteiger partial charge on any atom is -0.369 e. The molecule has 1 saturated carbocycles. The first-order valence-electron chi connectivity index (χ1n) is 13.3. The van der Waals surface area contributed by atoms with Crippen molar-refractivity contribution in [1.82, 2.24) is 24.8 Å². The van der Waals surface area contributed by atoms with E-state index in [2.05, 4.69) is 50.5 Å². The Morgan fingerprint density at radius 2 is 1.76 bits per heavy atom. The lowest BCUT2D eigenvalue weighted by Crippen LogP contribution is -2.44. The first kappa shape index (κ1) is 25.7. The Labute approximate surface area is 223 Å². The third kappa shape index (κ3) is 5.22. The number of anilines is 3. The number of pyridine rings is 1. The normalized spacial score (nSPS) is 20.2. The van der Waals surface area contributed by atoms with E-state index < -0.39 is 0 Å². The molecule has 5 rings (SSSR count). The molecule has 0 bridgehead atoms. The summed E-state index contributed by atoms with van der Waals surface area (Å²) in [5.41, 5.74) is 3.57. The van der Waals surface area contributed by atoms with E-state index in [0.29, 0.717) is 28.1 Å². The molecule has 3 aromatic rings. The van der Waals surface area contributed by atoms with Crippen LogP contribution < -0.4 is 21.1 Å². The van der Waals surface area contributed by atoms with Crippen molar-refractivity contribution >= 4 is 34.3 Å². The van der Waals surface area contributed by atoms with Crippen LogP contribution in [0.1, 0.15) is 49.8 Å². The van der Waals surface area contributed by atoms with Gasteiger partial charge in [0.15, 0.2) is 0 Å². The van der Waals surface area contributed by atoms with Crippen molar-refractivity contribution < 1.29 is 4.79 Å². The Morgan fingerprint density at radius 1 is 1.08 bits per heavy atom. The van der Waals surface area contributed by atoms with E-state index in [4.69, 9.17) is 11.4 Å². The van der Waals surface area contributed by atoms with Crippen LogP contribution in [-0.2, 0) is 4.79 Å². The number of aromatic nitrogens is 3. The highest BCUT2D eigenvalue weighted by Gasteiger charge is 2.27. The number of terminal acetylenes is 1. The third-order valence-corrected chi connectivity index (χ3v) is 7.79. The van der Waals surface area contributed by atoms with Gasteiger partial charge >= 0.3 is 0 Å². The van der Waals surface area contributed by atoms with Crippen molar-refractivity contribution in [2.45, 2.75) is 51.6 Å². The highest BCUT2D eigenvalue weighted by Crippen LogP contribution is 2.31. The summed E-state index contributed by atoms with van der Waals surface area (Å²) in [6.45, 7) is 7.44. The number of nitrogens with zero attached hydrogens (tertiary/aromatic N) is 5. The SMILES string of the molecule is C#Cc1c(C)c(=O)n(C2CCC(NC(C)=O)CC2)c2nc(Nc3ccc(N4CCN(C)CC4)cc3)ncc12. The van der Waals surface area contributed by atoms with Gasteiger partial charge in [0.1, 0.15) is 5.65 Å². The summed E-state index contributed by atoms with van der Waals surface area (Å²) in [6, 6.07) is 8.39. The van der Waals surface area contributed by atoms with Gasteiger partial charge in [-0.1, -0.05) is 5.92 Å². The molecule has 0 unspecified atom stereocenters. The fraction of sp³-hybridized carbons (Fsp3) is 0.448. The second kappa shape index (κ2) is 10.8. The van der Waals surface area contributed by atoms with Gasteiger partial charge in [-0.25, -0.2) is 4.98 Å². The molecule has 198 valence electrons. The number of hydrogen-bond donors (Lipinski definition) is 2. The maximum absolute atomic E-state index is 13.5. The van der Waals surface area contributed by atoms with Gasteiger partial charge in [0.25, 0.3) is 5.56 Å². The smallest absolute Gasteiger partial charge is 0.256 e. The topological polar surface area (TPSA) is 95.4 Å². The molecule has 38 heavy (non-hydrogen) atoms. The van der Waals surface area contributed by atoms with E-state index in [1.165, 1.54) is 12.6 Å². The van der Waals surface area contributed by atoms with Gasteiger partial charge in [-0.15, -0.1) is 6.42 Å². The molecule has 1 aliphatic heterocycles. The number of hydrogen-bond acceptors (Lipinski definition) is 7. The number of amides is 1. The highest BCUT2D eigenvalue weighted by atomic mass is 16.1. The van der Waals surface area contributed by atoms with Gasteiger partial charge in [-0.2, -0.15) is 4.98 Å². The molecular weight excluding hydrogens is 478 g/mol. The first-order valence-corrected chi connectivity index (χ1v) is 13.3. The molecule has 0 radical (unpaired) electrons. The molecule has 0 atom stereocenters. The molecule has 2 fully saturated rings. The molecule has 1 saturated heterocycles. The Hall–Kier alpha value is -3.90. The van der Waals surface area contributed by atoms with Crippen LogP contribution in [0.15, 0.2) is 35.3 Å². The zero-order valence-corrected chi connectivity index (χ0v) is 22.3. The second-order valence-electron chi connectivity index (χ2n) is 10.4. The van der Waals surface area contributed by atoms with Crippen LogP contribution in [0.2, 0.25) is 0 Å². The molecule has 9 nitrogen and oxygen atoms in total.